The first kappa shape index (κ1) is 21.4. The number of aryl methyl sites for hydroxylation is 1. The van der Waals surface area contributed by atoms with Crippen LogP contribution in [0.4, 0.5) is 0 Å². The molecule has 0 saturated heterocycles. The standard InChI is InChI=1S/C24H23N7O3/c1-15-16(2)31(18-6-5-9-25-12-18)23-22(15)24-28-21(29-30(24)14-26-23)13-34-27-11-17-7-8-19(32-3)20(10-17)33-4/h5-12,14H,13H2,1-4H3. The molecule has 0 saturated carbocycles. The molecule has 0 aliphatic heterocycles. The lowest BCUT2D eigenvalue weighted by atomic mass is 10.2. The van der Waals surface area contributed by atoms with Gasteiger partial charge in [0.25, 0.3) is 0 Å². The van der Waals surface area contributed by atoms with Crippen LogP contribution in [0.5, 0.6) is 11.5 Å². The van der Waals surface area contributed by atoms with E-state index in [1.54, 1.807) is 37.5 Å². The van der Waals surface area contributed by atoms with Gasteiger partial charge in [0.15, 0.2) is 35.2 Å². The zero-order chi connectivity index (χ0) is 23.7. The van der Waals surface area contributed by atoms with Gasteiger partial charge in [0.2, 0.25) is 0 Å². The van der Waals surface area contributed by atoms with E-state index < -0.39 is 0 Å². The quantitative estimate of drug-likeness (QED) is 0.272. The molecule has 0 radical (unpaired) electrons. The zero-order valence-electron chi connectivity index (χ0n) is 19.3. The van der Waals surface area contributed by atoms with E-state index in [4.69, 9.17) is 19.3 Å². The molecule has 0 unspecified atom stereocenters. The molecule has 5 rings (SSSR count). The van der Waals surface area contributed by atoms with Crippen LogP contribution >= 0.6 is 0 Å². The smallest absolute Gasteiger partial charge is 0.192 e. The van der Waals surface area contributed by atoms with Crippen molar-refractivity contribution in [1.82, 2.24) is 29.1 Å². The Morgan fingerprint density at radius 3 is 2.68 bits per heavy atom. The van der Waals surface area contributed by atoms with E-state index in [2.05, 4.69) is 38.6 Å². The van der Waals surface area contributed by atoms with Gasteiger partial charge in [-0.3, -0.25) is 9.55 Å². The summed E-state index contributed by atoms with van der Waals surface area (Å²) >= 11 is 0. The van der Waals surface area contributed by atoms with Crippen LogP contribution in [0.1, 0.15) is 22.6 Å². The van der Waals surface area contributed by atoms with Gasteiger partial charge in [-0.1, -0.05) is 5.16 Å². The van der Waals surface area contributed by atoms with Gasteiger partial charge in [0.05, 0.1) is 37.7 Å². The summed E-state index contributed by atoms with van der Waals surface area (Å²) in [5.74, 6) is 1.77. The van der Waals surface area contributed by atoms with E-state index in [-0.39, 0.29) is 6.61 Å². The largest absolute Gasteiger partial charge is 0.493 e. The summed E-state index contributed by atoms with van der Waals surface area (Å²) in [6, 6.07) is 9.39. The summed E-state index contributed by atoms with van der Waals surface area (Å²) in [7, 11) is 3.18. The molecule has 0 aliphatic rings. The Balaban J connectivity index is 1.40. The van der Waals surface area contributed by atoms with Gasteiger partial charge in [-0.2, -0.15) is 0 Å². The van der Waals surface area contributed by atoms with Crippen molar-refractivity contribution in [1.29, 1.82) is 0 Å². The van der Waals surface area contributed by atoms with Crippen LogP contribution in [0, 0.1) is 13.8 Å². The average molecular weight is 457 g/mol. The molecule has 0 amide bonds. The van der Waals surface area contributed by atoms with Crippen LogP contribution in [-0.4, -0.2) is 49.6 Å². The summed E-state index contributed by atoms with van der Waals surface area (Å²) in [6.07, 6.45) is 6.82. The molecule has 0 fully saturated rings. The van der Waals surface area contributed by atoms with Crippen LogP contribution in [0.15, 0.2) is 54.2 Å². The number of fused-ring (bicyclic) bond motifs is 3. The van der Waals surface area contributed by atoms with Crippen molar-refractivity contribution in [3.05, 3.63) is 71.7 Å². The van der Waals surface area contributed by atoms with Gasteiger partial charge < -0.3 is 14.3 Å². The maximum absolute atomic E-state index is 5.45. The number of benzene rings is 1. The van der Waals surface area contributed by atoms with Crippen LogP contribution in [0.3, 0.4) is 0 Å². The van der Waals surface area contributed by atoms with E-state index in [0.717, 1.165) is 39.2 Å². The Morgan fingerprint density at radius 1 is 1.06 bits per heavy atom. The van der Waals surface area contributed by atoms with Gasteiger partial charge in [-0.25, -0.2) is 14.5 Å². The summed E-state index contributed by atoms with van der Waals surface area (Å²) < 4.78 is 14.3. The lowest BCUT2D eigenvalue weighted by molar-refractivity contribution is 0.126. The minimum absolute atomic E-state index is 0.119. The second-order valence-corrected chi connectivity index (χ2v) is 7.62. The molecular weight excluding hydrogens is 434 g/mol. The van der Waals surface area contributed by atoms with Crippen LogP contribution < -0.4 is 9.47 Å². The number of hydrogen-bond donors (Lipinski definition) is 0. The minimum Gasteiger partial charge on any atom is -0.493 e. The molecule has 4 aromatic heterocycles. The molecular formula is C24H23N7O3. The molecule has 0 bridgehead atoms. The van der Waals surface area contributed by atoms with Crippen molar-refractivity contribution in [2.24, 2.45) is 5.16 Å². The summed E-state index contributed by atoms with van der Waals surface area (Å²) in [5.41, 5.74) is 5.45. The molecule has 1 aromatic carbocycles. The van der Waals surface area contributed by atoms with Crippen molar-refractivity contribution in [2.45, 2.75) is 20.5 Å². The highest BCUT2D eigenvalue weighted by Gasteiger charge is 2.19. The van der Waals surface area contributed by atoms with E-state index in [9.17, 15) is 0 Å². The molecule has 34 heavy (non-hydrogen) atoms. The lowest BCUT2D eigenvalue weighted by Gasteiger charge is -2.07. The number of ether oxygens (including phenoxy) is 2. The maximum Gasteiger partial charge on any atom is 0.192 e. The monoisotopic (exact) mass is 457 g/mol. The minimum atomic E-state index is 0.119. The molecule has 0 aliphatic carbocycles. The van der Waals surface area contributed by atoms with Gasteiger partial charge in [-0.15, -0.1) is 5.10 Å². The Hall–Kier alpha value is -4.47. The molecule has 0 atom stereocenters. The number of aromatic nitrogens is 6. The van der Waals surface area contributed by atoms with Gasteiger partial charge in [0, 0.05) is 17.5 Å². The fourth-order valence-electron chi connectivity index (χ4n) is 3.89. The number of methoxy groups -OCH3 is 2. The van der Waals surface area contributed by atoms with Crippen molar-refractivity contribution in [3.8, 4) is 17.2 Å². The Kier molecular flexibility index (Phi) is 5.54. The van der Waals surface area contributed by atoms with Crippen LogP contribution in [-0.2, 0) is 11.4 Å². The first-order chi connectivity index (χ1) is 16.6. The van der Waals surface area contributed by atoms with Crippen LogP contribution in [0.25, 0.3) is 22.4 Å². The second-order valence-electron chi connectivity index (χ2n) is 7.62. The number of nitrogens with zero attached hydrogens (tertiary/aromatic N) is 7. The lowest BCUT2D eigenvalue weighted by Crippen LogP contribution is -1.99. The number of oxime groups is 1. The third-order valence-electron chi connectivity index (χ3n) is 5.66. The van der Waals surface area contributed by atoms with Gasteiger partial charge in [0.1, 0.15) is 6.33 Å². The molecule has 172 valence electrons. The predicted molar refractivity (Wildman–Crippen MR) is 127 cm³/mol. The van der Waals surface area contributed by atoms with Crippen molar-refractivity contribution < 1.29 is 14.3 Å². The van der Waals surface area contributed by atoms with Crippen molar-refractivity contribution in [2.75, 3.05) is 14.2 Å². The Morgan fingerprint density at radius 2 is 1.91 bits per heavy atom. The predicted octanol–water partition coefficient (Wildman–Crippen LogP) is 3.65. The van der Waals surface area contributed by atoms with Crippen molar-refractivity contribution in [3.63, 3.8) is 0 Å². The Bertz CT molecular complexity index is 1510. The molecule has 0 N–H and O–H groups in total. The van der Waals surface area contributed by atoms with Gasteiger partial charge in [-0.05, 0) is 49.7 Å². The van der Waals surface area contributed by atoms with Crippen LogP contribution in [0.2, 0.25) is 0 Å². The topological polar surface area (TPSA) is 101 Å². The zero-order valence-corrected chi connectivity index (χ0v) is 19.3. The van der Waals surface area contributed by atoms with Gasteiger partial charge >= 0.3 is 0 Å². The molecule has 4 heterocycles. The van der Waals surface area contributed by atoms with E-state index in [0.29, 0.717) is 17.3 Å². The maximum atomic E-state index is 5.45. The highest BCUT2D eigenvalue weighted by atomic mass is 16.6. The van der Waals surface area contributed by atoms with E-state index >= 15 is 0 Å². The SMILES string of the molecule is COc1ccc(C=NOCc2nc3c4c(C)c(C)n(-c5cccnc5)c4ncn3n2)cc1OC. The third-order valence-corrected chi connectivity index (χ3v) is 5.66. The molecule has 10 nitrogen and oxygen atoms in total. The average Bonchev–Trinajstić information content (AvgIpc) is 3.40. The highest BCUT2D eigenvalue weighted by molar-refractivity contribution is 5.94. The summed E-state index contributed by atoms with van der Waals surface area (Å²) in [5, 5.41) is 9.48. The van der Waals surface area contributed by atoms with Crippen molar-refractivity contribution >= 4 is 22.9 Å². The first-order valence-corrected chi connectivity index (χ1v) is 10.6. The van der Waals surface area contributed by atoms with E-state index in [1.165, 1.54) is 0 Å². The number of hydrogen-bond acceptors (Lipinski definition) is 8. The normalized spacial score (nSPS) is 11.5. The molecule has 10 heteroatoms. The first-order valence-electron chi connectivity index (χ1n) is 10.6. The summed E-state index contributed by atoms with van der Waals surface area (Å²) in [6.45, 7) is 4.24. The second kappa shape index (κ2) is 8.81. The summed E-state index contributed by atoms with van der Waals surface area (Å²) in [4.78, 5) is 19.0. The number of pyridine rings is 1. The molecule has 0 spiro atoms. The fourth-order valence-corrected chi connectivity index (χ4v) is 3.89. The van der Waals surface area contributed by atoms with E-state index in [1.807, 2.05) is 36.5 Å². The Labute approximate surface area is 195 Å². The highest BCUT2D eigenvalue weighted by Crippen LogP contribution is 2.29. The molecule has 5 aromatic rings. The number of rotatable bonds is 7. The third kappa shape index (κ3) is 3.68. The fraction of sp³-hybridized carbons (Fsp3) is 0.208.